The van der Waals surface area contributed by atoms with Crippen molar-refractivity contribution in [3.8, 4) is 0 Å². The first-order valence-electron chi connectivity index (χ1n) is 7.50. The number of aryl methyl sites for hydroxylation is 1. The van der Waals surface area contributed by atoms with Crippen LogP contribution in [-0.4, -0.2) is 33.1 Å². The van der Waals surface area contributed by atoms with Gasteiger partial charge in [-0.15, -0.1) is 0 Å². The number of hydrogen-bond donors (Lipinski definition) is 1. The van der Waals surface area contributed by atoms with Gasteiger partial charge in [-0.05, 0) is 38.8 Å². The van der Waals surface area contributed by atoms with Crippen LogP contribution in [0.1, 0.15) is 38.6 Å². The summed E-state index contributed by atoms with van der Waals surface area (Å²) in [6, 6.07) is 9.54. The molecule has 108 valence electrons. The standard InChI is InChI=1S/C16H24N4/c1-11-10-13(17)8-9-20(11)12(2)16-18-14-6-4-5-7-15(14)19(16)3/h4-7,11-13H,8-10,17H2,1-3H3. The number of nitrogens with two attached hydrogens (primary N) is 1. The number of rotatable bonds is 2. The van der Waals surface area contributed by atoms with Crippen molar-refractivity contribution >= 4 is 11.0 Å². The van der Waals surface area contributed by atoms with Crippen LogP contribution < -0.4 is 5.73 Å². The number of benzene rings is 1. The minimum absolute atomic E-state index is 0.329. The molecule has 2 aromatic rings. The fourth-order valence-corrected chi connectivity index (χ4v) is 3.49. The van der Waals surface area contributed by atoms with E-state index in [1.807, 2.05) is 6.07 Å². The van der Waals surface area contributed by atoms with Gasteiger partial charge in [0, 0.05) is 25.7 Å². The Bertz CT molecular complexity index is 604. The van der Waals surface area contributed by atoms with Gasteiger partial charge in [-0.1, -0.05) is 12.1 Å². The largest absolute Gasteiger partial charge is 0.330 e. The minimum atomic E-state index is 0.329. The van der Waals surface area contributed by atoms with Crippen molar-refractivity contribution < 1.29 is 0 Å². The summed E-state index contributed by atoms with van der Waals surface area (Å²) in [5.41, 5.74) is 8.36. The molecule has 4 heteroatoms. The molecule has 0 aliphatic carbocycles. The number of nitrogens with zero attached hydrogens (tertiary/aromatic N) is 3. The van der Waals surface area contributed by atoms with Crippen molar-refractivity contribution in [2.75, 3.05) is 6.54 Å². The highest BCUT2D eigenvalue weighted by Gasteiger charge is 2.29. The summed E-state index contributed by atoms with van der Waals surface area (Å²) in [6.07, 6.45) is 2.16. The molecular weight excluding hydrogens is 248 g/mol. The van der Waals surface area contributed by atoms with Crippen molar-refractivity contribution in [2.24, 2.45) is 12.8 Å². The maximum absolute atomic E-state index is 6.07. The van der Waals surface area contributed by atoms with Gasteiger partial charge >= 0.3 is 0 Å². The zero-order valence-corrected chi connectivity index (χ0v) is 12.6. The second kappa shape index (κ2) is 5.19. The topological polar surface area (TPSA) is 47.1 Å². The molecule has 3 atom stereocenters. The summed E-state index contributed by atoms with van der Waals surface area (Å²) in [5.74, 6) is 1.15. The third-order valence-corrected chi connectivity index (χ3v) is 4.66. The Hall–Kier alpha value is -1.39. The lowest BCUT2D eigenvalue weighted by atomic mass is 9.97. The Labute approximate surface area is 120 Å². The molecule has 0 amide bonds. The average molecular weight is 272 g/mol. The summed E-state index contributed by atoms with van der Waals surface area (Å²) in [6.45, 7) is 5.60. The van der Waals surface area contributed by atoms with E-state index in [-0.39, 0.29) is 0 Å². The van der Waals surface area contributed by atoms with Gasteiger partial charge in [0.15, 0.2) is 0 Å². The molecule has 1 fully saturated rings. The number of hydrogen-bond acceptors (Lipinski definition) is 3. The molecule has 0 radical (unpaired) electrons. The molecule has 3 unspecified atom stereocenters. The fraction of sp³-hybridized carbons (Fsp3) is 0.562. The number of piperidine rings is 1. The first-order valence-corrected chi connectivity index (χ1v) is 7.50. The summed E-state index contributed by atoms with van der Waals surface area (Å²) < 4.78 is 2.22. The maximum atomic E-state index is 6.07. The molecule has 0 bridgehead atoms. The first kappa shape index (κ1) is 13.6. The molecule has 2 N–H and O–H groups in total. The lowest BCUT2D eigenvalue weighted by molar-refractivity contribution is 0.0988. The Kier molecular flexibility index (Phi) is 3.52. The second-order valence-corrected chi connectivity index (χ2v) is 6.07. The van der Waals surface area contributed by atoms with Crippen LogP contribution in [0.25, 0.3) is 11.0 Å². The molecule has 1 aromatic carbocycles. The van der Waals surface area contributed by atoms with Crippen LogP contribution >= 0.6 is 0 Å². The van der Waals surface area contributed by atoms with Crippen molar-refractivity contribution in [2.45, 2.75) is 44.8 Å². The number of para-hydroxylation sites is 2. The summed E-state index contributed by atoms with van der Waals surface area (Å²) in [7, 11) is 2.11. The van der Waals surface area contributed by atoms with Crippen LogP contribution in [0, 0.1) is 0 Å². The van der Waals surface area contributed by atoms with Crippen LogP contribution in [0.2, 0.25) is 0 Å². The molecule has 1 aliphatic heterocycles. The van der Waals surface area contributed by atoms with E-state index >= 15 is 0 Å². The Balaban J connectivity index is 1.92. The van der Waals surface area contributed by atoms with Gasteiger partial charge in [0.2, 0.25) is 0 Å². The fourth-order valence-electron chi connectivity index (χ4n) is 3.49. The summed E-state index contributed by atoms with van der Waals surface area (Å²) in [4.78, 5) is 7.36. The Morgan fingerprint density at radius 2 is 2.10 bits per heavy atom. The molecule has 20 heavy (non-hydrogen) atoms. The SMILES string of the molecule is CC1CC(N)CCN1C(C)c1nc2ccccc2n1C. The quantitative estimate of drug-likeness (QED) is 0.913. The smallest absolute Gasteiger partial charge is 0.126 e. The zero-order chi connectivity index (χ0) is 14.3. The highest BCUT2D eigenvalue weighted by molar-refractivity contribution is 5.75. The van der Waals surface area contributed by atoms with Crippen molar-refractivity contribution in [1.29, 1.82) is 0 Å². The van der Waals surface area contributed by atoms with Crippen molar-refractivity contribution in [3.63, 3.8) is 0 Å². The van der Waals surface area contributed by atoms with E-state index in [4.69, 9.17) is 10.7 Å². The van der Waals surface area contributed by atoms with E-state index in [0.29, 0.717) is 18.1 Å². The molecular formula is C16H24N4. The van der Waals surface area contributed by atoms with Gasteiger partial charge in [-0.25, -0.2) is 4.98 Å². The average Bonchev–Trinajstić information content (AvgIpc) is 2.76. The first-order chi connectivity index (χ1) is 9.58. The van der Waals surface area contributed by atoms with Gasteiger partial charge in [-0.2, -0.15) is 0 Å². The lowest BCUT2D eigenvalue weighted by Crippen LogP contribution is -2.46. The highest BCUT2D eigenvalue weighted by Crippen LogP contribution is 2.29. The molecule has 2 heterocycles. The van der Waals surface area contributed by atoms with E-state index in [9.17, 15) is 0 Å². The molecule has 1 aromatic heterocycles. The number of imidazole rings is 1. The Morgan fingerprint density at radius 1 is 1.35 bits per heavy atom. The molecule has 3 rings (SSSR count). The third-order valence-electron chi connectivity index (χ3n) is 4.66. The summed E-state index contributed by atoms with van der Waals surface area (Å²) in [5, 5.41) is 0. The van der Waals surface area contributed by atoms with E-state index in [1.54, 1.807) is 0 Å². The summed E-state index contributed by atoms with van der Waals surface area (Å²) >= 11 is 0. The molecule has 0 spiro atoms. The number of aromatic nitrogens is 2. The van der Waals surface area contributed by atoms with Gasteiger partial charge in [0.05, 0.1) is 17.1 Å². The van der Waals surface area contributed by atoms with Gasteiger partial charge < -0.3 is 10.3 Å². The molecule has 0 saturated carbocycles. The molecule has 1 saturated heterocycles. The molecule has 1 aliphatic rings. The molecule has 4 nitrogen and oxygen atoms in total. The van der Waals surface area contributed by atoms with E-state index in [0.717, 1.165) is 30.7 Å². The predicted molar refractivity (Wildman–Crippen MR) is 82.5 cm³/mol. The van der Waals surface area contributed by atoms with Crippen LogP contribution in [0.3, 0.4) is 0 Å². The maximum Gasteiger partial charge on any atom is 0.126 e. The zero-order valence-electron chi connectivity index (χ0n) is 12.6. The lowest BCUT2D eigenvalue weighted by Gasteiger charge is -2.39. The van der Waals surface area contributed by atoms with Gasteiger partial charge in [0.1, 0.15) is 5.82 Å². The van der Waals surface area contributed by atoms with Crippen LogP contribution in [0.4, 0.5) is 0 Å². The van der Waals surface area contributed by atoms with Gasteiger partial charge in [-0.3, -0.25) is 4.90 Å². The van der Waals surface area contributed by atoms with Crippen LogP contribution in [0.5, 0.6) is 0 Å². The predicted octanol–water partition coefficient (Wildman–Crippen LogP) is 2.45. The second-order valence-electron chi connectivity index (χ2n) is 6.07. The normalized spacial score (nSPS) is 26.0. The third kappa shape index (κ3) is 2.23. The Morgan fingerprint density at radius 3 is 2.80 bits per heavy atom. The van der Waals surface area contributed by atoms with E-state index in [2.05, 4.69) is 48.6 Å². The minimum Gasteiger partial charge on any atom is -0.330 e. The van der Waals surface area contributed by atoms with Gasteiger partial charge in [0.25, 0.3) is 0 Å². The number of likely N-dealkylation sites (tertiary alicyclic amines) is 1. The van der Waals surface area contributed by atoms with Crippen molar-refractivity contribution in [1.82, 2.24) is 14.5 Å². The highest BCUT2D eigenvalue weighted by atomic mass is 15.2. The van der Waals surface area contributed by atoms with Crippen LogP contribution in [-0.2, 0) is 7.05 Å². The van der Waals surface area contributed by atoms with Crippen LogP contribution in [0.15, 0.2) is 24.3 Å². The van der Waals surface area contributed by atoms with E-state index in [1.165, 1.54) is 5.52 Å². The van der Waals surface area contributed by atoms with Crippen molar-refractivity contribution in [3.05, 3.63) is 30.1 Å². The van der Waals surface area contributed by atoms with E-state index < -0.39 is 0 Å². The monoisotopic (exact) mass is 272 g/mol. The number of fused-ring (bicyclic) bond motifs is 1.